The van der Waals surface area contributed by atoms with Crippen molar-refractivity contribution < 1.29 is 18.7 Å². The zero-order valence-corrected chi connectivity index (χ0v) is 31.4. The average molecular weight is 735 g/mol. The minimum atomic E-state index is -1.07. The van der Waals surface area contributed by atoms with Crippen LogP contribution < -0.4 is 15.5 Å². The Hall–Kier alpha value is -3.75. The van der Waals surface area contributed by atoms with Crippen molar-refractivity contribution in [1.82, 2.24) is 10.6 Å². The summed E-state index contributed by atoms with van der Waals surface area (Å²) in [6.07, 6.45) is 3.89. The van der Waals surface area contributed by atoms with Gasteiger partial charge in [0.05, 0.1) is 6.42 Å². The molecule has 0 aliphatic carbocycles. The summed E-state index contributed by atoms with van der Waals surface area (Å²) in [6, 6.07) is 30.6. The smallest absolute Gasteiger partial charge is 0.256 e. The van der Waals surface area contributed by atoms with E-state index >= 15 is 0 Å². The van der Waals surface area contributed by atoms with Crippen molar-refractivity contribution in [3.05, 3.63) is 136 Å². The third kappa shape index (κ3) is 11.9. The van der Waals surface area contributed by atoms with Crippen LogP contribution in [0.15, 0.2) is 97.1 Å². The first-order chi connectivity index (χ1) is 24.1. The lowest BCUT2D eigenvalue weighted by atomic mass is 9.94. The maximum atomic E-state index is 14.2. The van der Waals surface area contributed by atoms with Gasteiger partial charge in [-0.3, -0.25) is 9.59 Å². The minimum absolute atomic E-state index is 0. The SMILES string of the molecule is CC(C)(C)CN1C(=O)C(CC(=O)NCc2ccccc2F)OC(c2cccc(CNCCCCCCc3ccccc3)c2)c2cc(Cl)ccc21.Cl. The van der Waals surface area contributed by atoms with Crippen LogP contribution in [0.1, 0.15) is 86.8 Å². The number of unbranched alkanes of at least 4 members (excludes halogenated alkanes) is 3. The maximum absolute atomic E-state index is 14.2. The van der Waals surface area contributed by atoms with Crippen LogP contribution in [0.3, 0.4) is 0 Å². The molecule has 4 aromatic carbocycles. The highest BCUT2D eigenvalue weighted by Gasteiger charge is 2.39. The van der Waals surface area contributed by atoms with E-state index in [9.17, 15) is 14.0 Å². The molecule has 0 saturated carbocycles. The fraction of sp³-hybridized carbons (Fsp3) is 0.381. The standard InChI is InChI=1S/C42H49ClFN3O3.ClH/c1-42(2,3)29-47-37-22-21-34(43)25-35(37)40(50-38(41(47)49)26-39(48)46-28-33-18-10-11-20-36(33)44)32-19-13-17-31(24-32)27-45-23-12-5-4-7-14-30-15-8-6-9-16-30;/h6,8-11,13,15-22,24-25,38,40,45H,4-5,7,12,14,23,26-29H2,1-3H3,(H,46,48);1H. The molecule has 0 fully saturated rings. The molecular formula is C42H50Cl2FN3O3. The number of benzene rings is 4. The van der Waals surface area contributed by atoms with Gasteiger partial charge in [-0.25, -0.2) is 4.39 Å². The molecule has 9 heteroatoms. The number of anilines is 1. The molecule has 0 aromatic heterocycles. The quantitative estimate of drug-likeness (QED) is 0.120. The molecule has 5 rings (SSSR count). The lowest BCUT2D eigenvalue weighted by Crippen LogP contribution is -2.45. The van der Waals surface area contributed by atoms with Crippen molar-refractivity contribution in [3.8, 4) is 0 Å². The number of aryl methyl sites for hydroxylation is 1. The Labute approximate surface area is 313 Å². The van der Waals surface area contributed by atoms with Gasteiger partial charge in [0.2, 0.25) is 5.91 Å². The third-order valence-corrected chi connectivity index (χ3v) is 9.07. The molecule has 0 spiro atoms. The molecule has 4 aromatic rings. The number of fused-ring (bicyclic) bond motifs is 1. The summed E-state index contributed by atoms with van der Waals surface area (Å²) in [4.78, 5) is 29.2. The van der Waals surface area contributed by atoms with E-state index in [-0.39, 0.29) is 36.7 Å². The second kappa shape index (κ2) is 19.2. The number of ether oxygens (including phenoxy) is 1. The van der Waals surface area contributed by atoms with E-state index in [1.807, 2.05) is 24.3 Å². The van der Waals surface area contributed by atoms with Gasteiger partial charge in [-0.05, 0) is 72.2 Å². The molecule has 272 valence electrons. The van der Waals surface area contributed by atoms with E-state index in [1.165, 1.54) is 30.9 Å². The van der Waals surface area contributed by atoms with E-state index in [0.29, 0.717) is 29.4 Å². The number of rotatable bonds is 15. The molecule has 2 N–H and O–H groups in total. The number of hydrogen-bond acceptors (Lipinski definition) is 4. The topological polar surface area (TPSA) is 70.7 Å². The Morgan fingerprint density at radius 3 is 2.35 bits per heavy atom. The van der Waals surface area contributed by atoms with Crippen LogP contribution in [0.2, 0.25) is 5.02 Å². The largest absolute Gasteiger partial charge is 0.355 e. The van der Waals surface area contributed by atoms with Crippen molar-refractivity contribution in [3.63, 3.8) is 0 Å². The van der Waals surface area contributed by atoms with Gasteiger partial charge < -0.3 is 20.3 Å². The lowest BCUT2D eigenvalue weighted by molar-refractivity contribution is -0.138. The molecule has 6 nitrogen and oxygen atoms in total. The van der Waals surface area contributed by atoms with Crippen LogP contribution in [0.5, 0.6) is 0 Å². The molecule has 1 aliphatic rings. The lowest BCUT2D eigenvalue weighted by Gasteiger charge is -2.31. The zero-order valence-electron chi connectivity index (χ0n) is 29.8. The van der Waals surface area contributed by atoms with Crippen LogP contribution in [-0.4, -0.2) is 31.0 Å². The van der Waals surface area contributed by atoms with Gasteiger partial charge >= 0.3 is 0 Å². The van der Waals surface area contributed by atoms with Crippen molar-refractivity contribution in [2.75, 3.05) is 18.0 Å². The van der Waals surface area contributed by atoms with E-state index in [0.717, 1.165) is 36.1 Å². The predicted molar refractivity (Wildman–Crippen MR) is 207 cm³/mol. The fourth-order valence-corrected chi connectivity index (χ4v) is 6.53. The van der Waals surface area contributed by atoms with E-state index in [2.05, 4.69) is 73.9 Å². The normalized spacial score (nSPS) is 15.9. The van der Waals surface area contributed by atoms with Crippen LogP contribution in [0.25, 0.3) is 0 Å². The summed E-state index contributed by atoms with van der Waals surface area (Å²) in [5.74, 6) is -1.09. The maximum Gasteiger partial charge on any atom is 0.256 e. The molecule has 0 radical (unpaired) electrons. The number of halogens is 3. The summed E-state index contributed by atoms with van der Waals surface area (Å²) in [5.41, 5.74) is 4.98. The Balaban J connectivity index is 0.00000583. The van der Waals surface area contributed by atoms with Crippen LogP contribution >= 0.6 is 24.0 Å². The summed E-state index contributed by atoms with van der Waals surface area (Å²) in [6.45, 7) is 8.25. The highest BCUT2D eigenvalue weighted by atomic mass is 35.5. The van der Waals surface area contributed by atoms with Crippen LogP contribution in [-0.2, 0) is 33.8 Å². The highest BCUT2D eigenvalue weighted by molar-refractivity contribution is 6.30. The Morgan fingerprint density at radius 1 is 0.863 bits per heavy atom. The number of carbonyl (C=O) groups excluding carboxylic acids is 2. The molecule has 2 unspecified atom stereocenters. The monoisotopic (exact) mass is 733 g/mol. The second-order valence-corrected chi connectivity index (χ2v) is 14.8. The van der Waals surface area contributed by atoms with Crippen molar-refractivity contribution in [2.24, 2.45) is 5.41 Å². The molecule has 0 saturated heterocycles. The minimum Gasteiger partial charge on any atom is -0.355 e. The highest BCUT2D eigenvalue weighted by Crippen LogP contribution is 2.41. The fourth-order valence-electron chi connectivity index (χ4n) is 6.35. The van der Waals surface area contributed by atoms with Gasteiger partial charge in [-0.1, -0.05) is 118 Å². The average Bonchev–Trinajstić information content (AvgIpc) is 3.19. The summed E-state index contributed by atoms with van der Waals surface area (Å²) < 4.78 is 20.9. The molecule has 0 bridgehead atoms. The van der Waals surface area contributed by atoms with Gasteiger partial charge in [-0.15, -0.1) is 12.4 Å². The Kier molecular flexibility index (Phi) is 15.1. The zero-order chi connectivity index (χ0) is 35.5. The van der Waals surface area contributed by atoms with Crippen LogP contribution in [0, 0.1) is 11.2 Å². The van der Waals surface area contributed by atoms with Gasteiger partial charge in [0, 0.05) is 41.5 Å². The summed E-state index contributed by atoms with van der Waals surface area (Å²) in [5, 5.41) is 6.89. The Bertz CT molecular complexity index is 1730. The first-order valence-electron chi connectivity index (χ1n) is 17.7. The van der Waals surface area contributed by atoms with E-state index in [1.54, 1.807) is 29.2 Å². The van der Waals surface area contributed by atoms with E-state index < -0.39 is 23.9 Å². The van der Waals surface area contributed by atoms with Gasteiger partial charge in [0.15, 0.2) is 0 Å². The van der Waals surface area contributed by atoms with Crippen LogP contribution in [0.4, 0.5) is 10.1 Å². The van der Waals surface area contributed by atoms with Crippen molar-refractivity contribution in [2.45, 2.75) is 84.6 Å². The van der Waals surface area contributed by atoms with Gasteiger partial charge in [0.25, 0.3) is 5.91 Å². The number of nitrogens with one attached hydrogen (secondary N) is 2. The molecule has 2 amide bonds. The van der Waals surface area contributed by atoms with Gasteiger partial charge in [-0.2, -0.15) is 0 Å². The molecule has 1 heterocycles. The first-order valence-corrected chi connectivity index (χ1v) is 18.0. The Morgan fingerprint density at radius 2 is 1.59 bits per heavy atom. The van der Waals surface area contributed by atoms with Crippen molar-refractivity contribution >= 4 is 41.5 Å². The third-order valence-electron chi connectivity index (χ3n) is 8.84. The number of nitrogens with zero attached hydrogens (tertiary/aromatic N) is 1. The van der Waals surface area contributed by atoms with Crippen molar-refractivity contribution in [1.29, 1.82) is 0 Å². The molecule has 2 atom stereocenters. The summed E-state index contributed by atoms with van der Waals surface area (Å²) in [7, 11) is 0. The van der Waals surface area contributed by atoms with Gasteiger partial charge in [0.1, 0.15) is 18.0 Å². The second-order valence-electron chi connectivity index (χ2n) is 14.3. The molecule has 51 heavy (non-hydrogen) atoms. The molecule has 1 aliphatic heterocycles. The summed E-state index contributed by atoms with van der Waals surface area (Å²) >= 11 is 6.56. The molecular weight excluding hydrogens is 684 g/mol. The van der Waals surface area contributed by atoms with E-state index in [4.69, 9.17) is 16.3 Å². The number of carbonyl (C=O) groups is 2. The number of hydrogen-bond donors (Lipinski definition) is 2. The predicted octanol–water partition coefficient (Wildman–Crippen LogP) is 9.37. The number of amides is 2. The first kappa shape index (κ1) is 40.0.